The lowest BCUT2D eigenvalue weighted by Gasteiger charge is -2.10. The van der Waals surface area contributed by atoms with Crippen molar-refractivity contribution in [2.45, 2.75) is 13.2 Å². The molecule has 0 fully saturated rings. The van der Waals surface area contributed by atoms with E-state index in [4.69, 9.17) is 9.47 Å². The first-order chi connectivity index (χ1) is 15.3. The quantitative estimate of drug-likeness (QED) is 0.423. The summed E-state index contributed by atoms with van der Waals surface area (Å²) in [6.07, 6.45) is 1.68. The Morgan fingerprint density at radius 1 is 0.774 bits per heavy atom. The third-order valence-electron chi connectivity index (χ3n) is 4.56. The fourth-order valence-electron chi connectivity index (χ4n) is 3.00. The van der Waals surface area contributed by atoms with Crippen molar-refractivity contribution in [3.8, 4) is 17.4 Å². The third kappa shape index (κ3) is 5.93. The highest BCUT2D eigenvalue weighted by Crippen LogP contribution is 2.20. The Morgan fingerprint density at radius 3 is 2.39 bits per heavy atom. The normalized spacial score (nSPS) is 10.3. The van der Waals surface area contributed by atoms with E-state index >= 15 is 0 Å². The molecule has 0 saturated heterocycles. The number of carbonyl (C=O) groups is 1. The molecule has 5 nitrogen and oxygen atoms in total. The predicted octanol–water partition coefficient (Wildman–Crippen LogP) is 5.38. The van der Waals surface area contributed by atoms with Gasteiger partial charge in [0.15, 0.2) is 0 Å². The molecule has 1 aromatic heterocycles. The molecule has 4 aromatic rings. The first kappa shape index (κ1) is 20.2. The molecule has 0 aliphatic heterocycles. The molecule has 0 atom stereocenters. The molecule has 0 bridgehead atoms. The van der Waals surface area contributed by atoms with Crippen LogP contribution in [-0.2, 0) is 13.2 Å². The number of hydrogen-bond donors (Lipinski definition) is 1. The molecule has 0 aliphatic carbocycles. The molecule has 154 valence electrons. The minimum absolute atomic E-state index is 0.166. The van der Waals surface area contributed by atoms with E-state index in [1.165, 1.54) is 0 Å². The summed E-state index contributed by atoms with van der Waals surface area (Å²) in [5.41, 5.74) is 2.55. The van der Waals surface area contributed by atoms with Crippen LogP contribution in [0.4, 0.5) is 0 Å². The number of amides is 1. The second kappa shape index (κ2) is 10.1. The third-order valence-corrected chi connectivity index (χ3v) is 4.56. The molecule has 1 heterocycles. The Kier molecular flexibility index (Phi) is 6.55. The Labute approximate surface area is 181 Å². The lowest BCUT2D eigenvalue weighted by molar-refractivity contribution is 0.0950. The van der Waals surface area contributed by atoms with Crippen LogP contribution in [0.15, 0.2) is 103 Å². The van der Waals surface area contributed by atoms with Gasteiger partial charge in [0.05, 0.1) is 0 Å². The van der Waals surface area contributed by atoms with E-state index < -0.39 is 0 Å². The highest BCUT2D eigenvalue weighted by Gasteiger charge is 2.08. The minimum Gasteiger partial charge on any atom is -0.489 e. The summed E-state index contributed by atoms with van der Waals surface area (Å²) in [4.78, 5) is 16.8. The van der Waals surface area contributed by atoms with Crippen molar-refractivity contribution in [2.75, 3.05) is 0 Å². The molecule has 5 heteroatoms. The fraction of sp³-hybridized carbons (Fsp3) is 0.0769. The SMILES string of the molecule is O=C(NCc1cccc(Oc2ccccn2)c1)c1cccc(OCc2ccccc2)c1. The van der Waals surface area contributed by atoms with Crippen molar-refractivity contribution >= 4 is 5.91 Å². The highest BCUT2D eigenvalue weighted by molar-refractivity contribution is 5.94. The number of nitrogens with zero attached hydrogens (tertiary/aromatic N) is 1. The second-order valence-electron chi connectivity index (χ2n) is 6.90. The van der Waals surface area contributed by atoms with Crippen LogP contribution in [0.25, 0.3) is 0 Å². The summed E-state index contributed by atoms with van der Waals surface area (Å²) >= 11 is 0. The van der Waals surface area contributed by atoms with Gasteiger partial charge in [0.25, 0.3) is 5.91 Å². The van der Waals surface area contributed by atoms with E-state index in [2.05, 4.69) is 10.3 Å². The first-order valence-corrected chi connectivity index (χ1v) is 9.99. The lowest BCUT2D eigenvalue weighted by Crippen LogP contribution is -2.22. The molecule has 0 unspecified atom stereocenters. The van der Waals surface area contributed by atoms with Crippen molar-refractivity contribution in [1.29, 1.82) is 0 Å². The number of benzene rings is 3. The van der Waals surface area contributed by atoms with E-state index in [0.717, 1.165) is 11.1 Å². The number of nitrogens with one attached hydrogen (secondary N) is 1. The van der Waals surface area contributed by atoms with Crippen molar-refractivity contribution in [3.63, 3.8) is 0 Å². The molecular formula is C26H22N2O3. The summed E-state index contributed by atoms with van der Waals surface area (Å²) in [5.74, 6) is 1.68. The zero-order valence-electron chi connectivity index (χ0n) is 16.9. The van der Waals surface area contributed by atoms with Crippen molar-refractivity contribution < 1.29 is 14.3 Å². The van der Waals surface area contributed by atoms with Gasteiger partial charge in [-0.15, -0.1) is 0 Å². The summed E-state index contributed by atoms with van der Waals surface area (Å²) in [7, 11) is 0. The zero-order chi connectivity index (χ0) is 21.3. The molecule has 0 saturated carbocycles. The molecule has 0 radical (unpaired) electrons. The van der Waals surface area contributed by atoms with E-state index in [0.29, 0.717) is 36.1 Å². The van der Waals surface area contributed by atoms with Gasteiger partial charge in [-0.2, -0.15) is 0 Å². The lowest BCUT2D eigenvalue weighted by atomic mass is 10.1. The molecular weight excluding hydrogens is 388 g/mol. The van der Waals surface area contributed by atoms with E-state index in [1.807, 2.05) is 78.9 Å². The van der Waals surface area contributed by atoms with Gasteiger partial charge in [-0.1, -0.05) is 54.6 Å². The van der Waals surface area contributed by atoms with Gasteiger partial charge in [-0.25, -0.2) is 4.98 Å². The largest absolute Gasteiger partial charge is 0.489 e. The van der Waals surface area contributed by atoms with Gasteiger partial charge in [-0.3, -0.25) is 4.79 Å². The van der Waals surface area contributed by atoms with E-state index in [1.54, 1.807) is 24.4 Å². The molecule has 4 rings (SSSR count). The summed E-state index contributed by atoms with van der Waals surface area (Å²) < 4.78 is 11.6. The van der Waals surface area contributed by atoms with Gasteiger partial charge >= 0.3 is 0 Å². The number of rotatable bonds is 8. The van der Waals surface area contributed by atoms with Crippen LogP contribution < -0.4 is 14.8 Å². The van der Waals surface area contributed by atoms with Crippen molar-refractivity contribution in [3.05, 3.63) is 120 Å². The molecule has 0 spiro atoms. The van der Waals surface area contributed by atoms with Crippen LogP contribution >= 0.6 is 0 Å². The van der Waals surface area contributed by atoms with Crippen LogP contribution in [0.2, 0.25) is 0 Å². The molecule has 3 aromatic carbocycles. The second-order valence-corrected chi connectivity index (χ2v) is 6.90. The number of hydrogen-bond acceptors (Lipinski definition) is 4. The maximum absolute atomic E-state index is 12.6. The highest BCUT2D eigenvalue weighted by atomic mass is 16.5. The van der Waals surface area contributed by atoms with Crippen LogP contribution in [0.5, 0.6) is 17.4 Å². The average molecular weight is 410 g/mol. The minimum atomic E-state index is -0.166. The molecule has 0 aliphatic rings. The zero-order valence-corrected chi connectivity index (χ0v) is 16.9. The standard InChI is InChI=1S/C26H22N2O3/c29-26(22-11-7-12-23(17-22)30-19-20-8-2-1-3-9-20)28-18-21-10-6-13-24(16-21)31-25-14-4-5-15-27-25/h1-17H,18-19H2,(H,28,29). The van der Waals surface area contributed by atoms with Gasteiger partial charge in [0, 0.05) is 24.4 Å². The van der Waals surface area contributed by atoms with Gasteiger partial charge in [-0.05, 0) is 47.5 Å². The first-order valence-electron chi connectivity index (χ1n) is 9.99. The monoisotopic (exact) mass is 410 g/mol. The van der Waals surface area contributed by atoms with Gasteiger partial charge in [0.2, 0.25) is 5.88 Å². The smallest absolute Gasteiger partial charge is 0.251 e. The fourth-order valence-corrected chi connectivity index (χ4v) is 3.00. The number of aromatic nitrogens is 1. The van der Waals surface area contributed by atoms with Crippen LogP contribution in [0.1, 0.15) is 21.5 Å². The Morgan fingerprint density at radius 2 is 1.55 bits per heavy atom. The Hall–Kier alpha value is -4.12. The summed E-state index contributed by atoms with van der Waals surface area (Å²) in [6.45, 7) is 0.836. The van der Waals surface area contributed by atoms with Crippen LogP contribution in [0, 0.1) is 0 Å². The Bertz CT molecular complexity index is 1130. The number of carbonyl (C=O) groups excluding carboxylic acids is 1. The topological polar surface area (TPSA) is 60.5 Å². The van der Waals surface area contributed by atoms with Gasteiger partial charge in [0.1, 0.15) is 18.1 Å². The van der Waals surface area contributed by atoms with E-state index in [-0.39, 0.29) is 5.91 Å². The van der Waals surface area contributed by atoms with Crippen LogP contribution in [0.3, 0.4) is 0 Å². The maximum atomic E-state index is 12.6. The predicted molar refractivity (Wildman–Crippen MR) is 119 cm³/mol. The van der Waals surface area contributed by atoms with Crippen molar-refractivity contribution in [2.24, 2.45) is 0 Å². The summed E-state index contributed by atoms with van der Waals surface area (Å²) in [5, 5.41) is 2.94. The summed E-state index contributed by atoms with van der Waals surface area (Å²) in [6, 6.07) is 30.1. The maximum Gasteiger partial charge on any atom is 0.251 e. The molecule has 1 amide bonds. The molecule has 31 heavy (non-hydrogen) atoms. The van der Waals surface area contributed by atoms with Crippen LogP contribution in [-0.4, -0.2) is 10.9 Å². The number of pyridine rings is 1. The number of ether oxygens (including phenoxy) is 2. The van der Waals surface area contributed by atoms with Crippen molar-refractivity contribution in [1.82, 2.24) is 10.3 Å². The van der Waals surface area contributed by atoms with Gasteiger partial charge < -0.3 is 14.8 Å². The van der Waals surface area contributed by atoms with E-state index in [9.17, 15) is 4.79 Å². The Balaban J connectivity index is 1.34. The molecule has 1 N–H and O–H groups in total. The average Bonchev–Trinajstić information content (AvgIpc) is 2.83.